The maximum absolute atomic E-state index is 5.87. The van der Waals surface area contributed by atoms with E-state index in [1.54, 1.807) is 0 Å². The van der Waals surface area contributed by atoms with Crippen LogP contribution in [0.3, 0.4) is 0 Å². The van der Waals surface area contributed by atoms with E-state index < -0.39 is 0 Å². The largest absolute Gasteiger partial charge is 0.376 e. The zero-order valence-electron chi connectivity index (χ0n) is 11.6. The predicted molar refractivity (Wildman–Crippen MR) is 77.2 cm³/mol. The molecule has 1 unspecified atom stereocenters. The average Bonchev–Trinajstić information content (AvgIpc) is 3.13. The van der Waals surface area contributed by atoms with Gasteiger partial charge in [0.25, 0.3) is 0 Å². The first-order valence-corrected chi connectivity index (χ1v) is 7.15. The van der Waals surface area contributed by atoms with Gasteiger partial charge >= 0.3 is 0 Å². The number of fused-ring (bicyclic) bond motifs is 1. The van der Waals surface area contributed by atoms with E-state index in [4.69, 9.17) is 15.2 Å². The van der Waals surface area contributed by atoms with Crippen LogP contribution in [0.1, 0.15) is 29.5 Å². The standard InChI is InChI=1S/C15H21N3O2/c16-15(18-8-14-2-1-5-20-14)17-7-11-3-4-12-9-19-10-13(12)6-11/h3-4,6,14H,1-2,5,7-10H2,(H3,16,17,18). The van der Waals surface area contributed by atoms with Crippen molar-refractivity contribution in [1.82, 2.24) is 5.32 Å². The Balaban J connectivity index is 1.50. The first-order chi connectivity index (χ1) is 9.81. The minimum atomic E-state index is 0.279. The lowest BCUT2D eigenvalue weighted by molar-refractivity contribution is 0.114. The molecule has 1 atom stereocenters. The van der Waals surface area contributed by atoms with Crippen molar-refractivity contribution in [1.29, 1.82) is 0 Å². The average molecular weight is 275 g/mol. The van der Waals surface area contributed by atoms with E-state index in [0.29, 0.717) is 19.1 Å². The molecule has 3 rings (SSSR count). The summed E-state index contributed by atoms with van der Waals surface area (Å²) < 4.78 is 10.9. The summed E-state index contributed by atoms with van der Waals surface area (Å²) in [5.41, 5.74) is 9.58. The fourth-order valence-corrected chi connectivity index (χ4v) is 2.58. The lowest BCUT2D eigenvalue weighted by Crippen LogP contribution is -2.37. The highest BCUT2D eigenvalue weighted by atomic mass is 16.5. The molecule has 2 aliphatic rings. The molecule has 0 amide bonds. The number of hydrogen-bond donors (Lipinski definition) is 2. The monoisotopic (exact) mass is 275 g/mol. The predicted octanol–water partition coefficient (Wildman–Crippen LogP) is 1.30. The molecule has 0 radical (unpaired) electrons. The van der Waals surface area contributed by atoms with Crippen LogP contribution < -0.4 is 11.1 Å². The van der Waals surface area contributed by atoms with Gasteiger partial charge in [0, 0.05) is 13.2 Å². The summed E-state index contributed by atoms with van der Waals surface area (Å²) in [7, 11) is 0. The SMILES string of the molecule is NC(=NCc1ccc2c(c1)COC2)NCC1CCCO1. The van der Waals surface area contributed by atoms with Gasteiger partial charge in [0.15, 0.2) is 5.96 Å². The van der Waals surface area contributed by atoms with Crippen LogP contribution in [0.4, 0.5) is 0 Å². The van der Waals surface area contributed by atoms with Gasteiger partial charge in [-0.25, -0.2) is 4.99 Å². The van der Waals surface area contributed by atoms with Crippen molar-refractivity contribution in [2.24, 2.45) is 10.7 Å². The Morgan fingerprint density at radius 1 is 1.35 bits per heavy atom. The Labute approximate surface area is 119 Å². The first kappa shape index (κ1) is 13.4. The van der Waals surface area contributed by atoms with Crippen LogP contribution in [0.15, 0.2) is 23.2 Å². The summed E-state index contributed by atoms with van der Waals surface area (Å²) in [6.07, 6.45) is 2.52. The van der Waals surface area contributed by atoms with Crippen LogP contribution in [0, 0.1) is 0 Å². The molecule has 2 heterocycles. The highest BCUT2D eigenvalue weighted by Gasteiger charge is 2.15. The van der Waals surface area contributed by atoms with Crippen molar-refractivity contribution in [2.45, 2.75) is 38.7 Å². The third-order valence-corrected chi connectivity index (χ3v) is 3.75. The number of ether oxygens (including phenoxy) is 2. The van der Waals surface area contributed by atoms with Crippen LogP contribution >= 0.6 is 0 Å². The van der Waals surface area contributed by atoms with Gasteiger partial charge in [0.05, 0.1) is 25.9 Å². The second-order valence-electron chi connectivity index (χ2n) is 5.31. The van der Waals surface area contributed by atoms with E-state index in [9.17, 15) is 0 Å². The van der Waals surface area contributed by atoms with Gasteiger partial charge in [-0.15, -0.1) is 0 Å². The van der Waals surface area contributed by atoms with Crippen LogP contribution in [0.5, 0.6) is 0 Å². The molecule has 5 heteroatoms. The van der Waals surface area contributed by atoms with Crippen molar-refractivity contribution < 1.29 is 9.47 Å². The molecule has 2 aliphatic heterocycles. The van der Waals surface area contributed by atoms with E-state index in [0.717, 1.165) is 38.2 Å². The summed E-state index contributed by atoms with van der Waals surface area (Å²) in [5.74, 6) is 0.484. The third kappa shape index (κ3) is 3.29. The van der Waals surface area contributed by atoms with Gasteiger partial charge in [0.1, 0.15) is 0 Å². The molecule has 1 saturated heterocycles. The lowest BCUT2D eigenvalue weighted by atomic mass is 10.1. The summed E-state index contributed by atoms with van der Waals surface area (Å²) in [6, 6.07) is 6.35. The summed E-state index contributed by atoms with van der Waals surface area (Å²) in [5, 5.41) is 3.13. The number of nitrogens with two attached hydrogens (primary N) is 1. The minimum Gasteiger partial charge on any atom is -0.376 e. The molecular weight excluding hydrogens is 254 g/mol. The van der Waals surface area contributed by atoms with Crippen molar-refractivity contribution >= 4 is 5.96 Å². The Bertz CT molecular complexity index is 496. The van der Waals surface area contributed by atoms with E-state index >= 15 is 0 Å². The van der Waals surface area contributed by atoms with Crippen LogP contribution in [0.2, 0.25) is 0 Å². The number of nitrogens with one attached hydrogen (secondary N) is 1. The van der Waals surface area contributed by atoms with Gasteiger partial charge < -0.3 is 20.5 Å². The second-order valence-corrected chi connectivity index (χ2v) is 5.31. The molecule has 0 aromatic heterocycles. The zero-order valence-corrected chi connectivity index (χ0v) is 11.6. The van der Waals surface area contributed by atoms with Crippen LogP contribution in [0.25, 0.3) is 0 Å². The number of aliphatic imine (C=N–C) groups is 1. The fraction of sp³-hybridized carbons (Fsp3) is 0.533. The number of hydrogen-bond acceptors (Lipinski definition) is 3. The number of benzene rings is 1. The summed E-state index contributed by atoms with van der Waals surface area (Å²) in [4.78, 5) is 4.37. The van der Waals surface area contributed by atoms with Crippen molar-refractivity contribution in [3.8, 4) is 0 Å². The van der Waals surface area contributed by atoms with E-state index in [1.165, 1.54) is 11.1 Å². The Morgan fingerprint density at radius 3 is 3.10 bits per heavy atom. The molecule has 108 valence electrons. The van der Waals surface area contributed by atoms with E-state index in [2.05, 4.69) is 28.5 Å². The summed E-state index contributed by atoms with van der Waals surface area (Å²) >= 11 is 0. The van der Waals surface area contributed by atoms with Gasteiger partial charge in [-0.1, -0.05) is 18.2 Å². The van der Waals surface area contributed by atoms with E-state index in [-0.39, 0.29) is 6.10 Å². The molecule has 0 saturated carbocycles. The normalized spacial score (nSPS) is 22.0. The van der Waals surface area contributed by atoms with Gasteiger partial charge in [-0.2, -0.15) is 0 Å². The maximum Gasteiger partial charge on any atom is 0.189 e. The fourth-order valence-electron chi connectivity index (χ4n) is 2.58. The van der Waals surface area contributed by atoms with E-state index in [1.807, 2.05) is 0 Å². The molecule has 1 fully saturated rings. The van der Waals surface area contributed by atoms with Crippen molar-refractivity contribution in [3.63, 3.8) is 0 Å². The molecule has 1 aromatic carbocycles. The molecule has 20 heavy (non-hydrogen) atoms. The lowest BCUT2D eigenvalue weighted by Gasteiger charge is -2.11. The molecule has 3 N–H and O–H groups in total. The Kier molecular flexibility index (Phi) is 4.18. The Morgan fingerprint density at radius 2 is 2.25 bits per heavy atom. The third-order valence-electron chi connectivity index (χ3n) is 3.75. The molecule has 5 nitrogen and oxygen atoms in total. The molecule has 0 spiro atoms. The quantitative estimate of drug-likeness (QED) is 0.642. The zero-order chi connectivity index (χ0) is 13.8. The van der Waals surface area contributed by atoms with Gasteiger partial charge in [-0.3, -0.25) is 0 Å². The number of guanidine groups is 1. The molecule has 1 aromatic rings. The highest BCUT2D eigenvalue weighted by Crippen LogP contribution is 2.21. The maximum atomic E-state index is 5.87. The highest BCUT2D eigenvalue weighted by molar-refractivity contribution is 5.77. The number of rotatable bonds is 4. The van der Waals surface area contributed by atoms with Crippen molar-refractivity contribution in [3.05, 3.63) is 34.9 Å². The topological polar surface area (TPSA) is 68.9 Å². The minimum absolute atomic E-state index is 0.279. The summed E-state index contributed by atoms with van der Waals surface area (Å²) in [6.45, 7) is 3.63. The molecule has 0 aliphatic carbocycles. The van der Waals surface area contributed by atoms with Gasteiger partial charge in [-0.05, 0) is 29.5 Å². The van der Waals surface area contributed by atoms with Gasteiger partial charge in [0.2, 0.25) is 0 Å². The number of nitrogens with zero attached hydrogens (tertiary/aromatic N) is 1. The second kappa shape index (κ2) is 6.24. The Hall–Kier alpha value is -1.59. The first-order valence-electron chi connectivity index (χ1n) is 7.15. The smallest absolute Gasteiger partial charge is 0.189 e. The van der Waals surface area contributed by atoms with Crippen LogP contribution in [-0.2, 0) is 29.2 Å². The van der Waals surface area contributed by atoms with Crippen LogP contribution in [-0.4, -0.2) is 25.2 Å². The molecule has 0 bridgehead atoms. The van der Waals surface area contributed by atoms with Crippen molar-refractivity contribution in [2.75, 3.05) is 13.2 Å². The molecular formula is C15H21N3O2.